The second kappa shape index (κ2) is 6.76. The van der Waals surface area contributed by atoms with Crippen LogP contribution in [0.4, 0.5) is 5.69 Å². The molecule has 3 N–H and O–H groups in total. The predicted molar refractivity (Wildman–Crippen MR) is 81.4 cm³/mol. The van der Waals surface area contributed by atoms with Crippen LogP contribution in [0.3, 0.4) is 0 Å². The van der Waals surface area contributed by atoms with Gasteiger partial charge in [0.05, 0.1) is 22.2 Å². The van der Waals surface area contributed by atoms with Gasteiger partial charge in [-0.05, 0) is 30.5 Å². The third kappa shape index (κ3) is 4.09. The number of rotatable bonds is 6. The average Bonchev–Trinajstić information content (AvgIpc) is 2.34. The molecule has 0 fully saturated rings. The van der Waals surface area contributed by atoms with Gasteiger partial charge in [-0.1, -0.05) is 25.4 Å². The third-order valence-corrected chi connectivity index (χ3v) is 5.01. The number of sulfonamides is 1. The summed E-state index contributed by atoms with van der Waals surface area (Å²) < 4.78 is 32.4. The quantitative estimate of drug-likeness (QED) is 0.787. The summed E-state index contributed by atoms with van der Waals surface area (Å²) in [4.78, 5) is 0.110. The fraction of sp³-hybridized carbons (Fsp3) is 0.538. The van der Waals surface area contributed by atoms with E-state index in [-0.39, 0.29) is 22.5 Å². The van der Waals surface area contributed by atoms with Crippen molar-refractivity contribution in [1.82, 2.24) is 4.72 Å². The number of benzene rings is 1. The van der Waals surface area contributed by atoms with Crippen LogP contribution in [0.1, 0.15) is 19.4 Å². The number of nitrogen functional groups attached to an aromatic ring is 1. The third-order valence-electron chi connectivity index (χ3n) is 3.02. The van der Waals surface area contributed by atoms with Crippen LogP contribution in [0.2, 0.25) is 5.02 Å². The Morgan fingerprint density at radius 3 is 2.45 bits per heavy atom. The van der Waals surface area contributed by atoms with E-state index in [0.717, 1.165) is 0 Å². The minimum Gasteiger partial charge on any atom is -0.397 e. The first-order valence-corrected chi connectivity index (χ1v) is 8.12. The van der Waals surface area contributed by atoms with E-state index in [2.05, 4.69) is 4.72 Å². The van der Waals surface area contributed by atoms with E-state index in [4.69, 9.17) is 22.1 Å². The highest BCUT2D eigenvalue weighted by molar-refractivity contribution is 7.89. The van der Waals surface area contributed by atoms with Crippen molar-refractivity contribution in [1.29, 1.82) is 0 Å². The van der Waals surface area contributed by atoms with E-state index in [9.17, 15) is 8.42 Å². The minimum atomic E-state index is -3.66. The summed E-state index contributed by atoms with van der Waals surface area (Å²) in [6, 6.07) is 2.56. The zero-order valence-electron chi connectivity index (χ0n) is 12.1. The molecule has 5 nitrogen and oxygen atoms in total. The molecule has 0 aliphatic heterocycles. The monoisotopic (exact) mass is 320 g/mol. The summed E-state index contributed by atoms with van der Waals surface area (Å²) in [6.45, 7) is 5.87. The van der Waals surface area contributed by atoms with Crippen molar-refractivity contribution in [3.63, 3.8) is 0 Å². The molecule has 0 radical (unpaired) electrons. The van der Waals surface area contributed by atoms with Crippen LogP contribution in [0.5, 0.6) is 0 Å². The van der Waals surface area contributed by atoms with Gasteiger partial charge in [-0.15, -0.1) is 0 Å². The van der Waals surface area contributed by atoms with Gasteiger partial charge < -0.3 is 10.5 Å². The highest BCUT2D eigenvalue weighted by Gasteiger charge is 2.23. The SMILES string of the molecule is COCC(NS(=O)(=O)c1cc(C)c(Cl)c(N)c1)C(C)C. The van der Waals surface area contributed by atoms with Gasteiger partial charge in [0, 0.05) is 13.2 Å². The number of hydrogen-bond donors (Lipinski definition) is 2. The molecule has 0 aromatic heterocycles. The van der Waals surface area contributed by atoms with Crippen molar-refractivity contribution < 1.29 is 13.2 Å². The maximum Gasteiger partial charge on any atom is 0.240 e. The molecule has 1 aromatic carbocycles. The summed E-state index contributed by atoms with van der Waals surface area (Å²) in [5.74, 6) is 0.107. The summed E-state index contributed by atoms with van der Waals surface area (Å²) in [5.41, 5.74) is 6.59. The maximum absolute atomic E-state index is 12.4. The molecule has 0 saturated heterocycles. The molecule has 20 heavy (non-hydrogen) atoms. The maximum atomic E-state index is 12.4. The zero-order valence-corrected chi connectivity index (χ0v) is 13.7. The lowest BCUT2D eigenvalue weighted by molar-refractivity contribution is 0.157. The molecule has 1 rings (SSSR count). The van der Waals surface area contributed by atoms with E-state index in [1.54, 1.807) is 6.92 Å². The molecule has 1 unspecified atom stereocenters. The molecule has 7 heteroatoms. The topological polar surface area (TPSA) is 81.4 Å². The Labute approximate surface area is 125 Å². The second-order valence-electron chi connectivity index (χ2n) is 5.07. The van der Waals surface area contributed by atoms with Gasteiger partial charge >= 0.3 is 0 Å². The largest absolute Gasteiger partial charge is 0.397 e. The number of halogens is 1. The Kier molecular flexibility index (Phi) is 5.82. The van der Waals surface area contributed by atoms with Crippen LogP contribution in [0.15, 0.2) is 17.0 Å². The van der Waals surface area contributed by atoms with Crippen LogP contribution in [0.25, 0.3) is 0 Å². The Hall–Kier alpha value is -0.820. The highest BCUT2D eigenvalue weighted by Crippen LogP contribution is 2.27. The summed E-state index contributed by atoms with van der Waals surface area (Å²) >= 11 is 5.95. The Morgan fingerprint density at radius 2 is 2.00 bits per heavy atom. The zero-order chi connectivity index (χ0) is 15.5. The molecule has 1 aromatic rings. The minimum absolute atomic E-state index is 0.107. The molecule has 0 amide bonds. The normalized spacial score (nSPS) is 13.7. The fourth-order valence-electron chi connectivity index (χ4n) is 1.73. The number of anilines is 1. The number of nitrogens with two attached hydrogens (primary N) is 1. The van der Waals surface area contributed by atoms with Gasteiger partial charge in [0.2, 0.25) is 10.0 Å². The van der Waals surface area contributed by atoms with Gasteiger partial charge in [-0.3, -0.25) is 0 Å². The van der Waals surface area contributed by atoms with Crippen molar-refractivity contribution in [2.45, 2.75) is 31.7 Å². The molecule has 0 aliphatic carbocycles. The first kappa shape index (κ1) is 17.2. The van der Waals surface area contributed by atoms with Crippen LogP contribution < -0.4 is 10.5 Å². The van der Waals surface area contributed by atoms with E-state index in [1.807, 2.05) is 13.8 Å². The van der Waals surface area contributed by atoms with E-state index < -0.39 is 10.0 Å². The lowest BCUT2D eigenvalue weighted by atomic mass is 10.1. The van der Waals surface area contributed by atoms with Gasteiger partial charge in [0.25, 0.3) is 0 Å². The lowest BCUT2D eigenvalue weighted by Crippen LogP contribution is -2.41. The standard InChI is InChI=1S/C13H21ClN2O3S/c1-8(2)12(7-19-4)16-20(17,18)10-5-9(3)13(14)11(15)6-10/h5-6,8,12,16H,7,15H2,1-4H3. The summed E-state index contributed by atoms with van der Waals surface area (Å²) in [6.07, 6.45) is 0. The first-order chi connectivity index (χ1) is 9.19. The molecule has 0 spiro atoms. The summed E-state index contributed by atoms with van der Waals surface area (Å²) in [7, 11) is -2.12. The molecular formula is C13H21ClN2O3S. The van der Waals surface area contributed by atoms with Crippen LogP contribution in [-0.4, -0.2) is 28.2 Å². The number of nitrogens with one attached hydrogen (secondary N) is 1. The summed E-state index contributed by atoms with van der Waals surface area (Å²) in [5, 5.41) is 0.376. The lowest BCUT2D eigenvalue weighted by Gasteiger charge is -2.21. The number of ether oxygens (including phenoxy) is 1. The molecule has 0 heterocycles. The van der Waals surface area contributed by atoms with Crippen LogP contribution >= 0.6 is 11.6 Å². The van der Waals surface area contributed by atoms with Crippen molar-refractivity contribution in [2.75, 3.05) is 19.5 Å². The first-order valence-electron chi connectivity index (χ1n) is 6.26. The van der Waals surface area contributed by atoms with Crippen molar-refractivity contribution in [3.05, 3.63) is 22.7 Å². The van der Waals surface area contributed by atoms with Gasteiger partial charge in [0.15, 0.2) is 0 Å². The van der Waals surface area contributed by atoms with E-state index in [0.29, 0.717) is 17.2 Å². The molecular weight excluding hydrogens is 300 g/mol. The Morgan fingerprint density at radius 1 is 1.40 bits per heavy atom. The van der Waals surface area contributed by atoms with Crippen molar-refractivity contribution in [2.24, 2.45) is 5.92 Å². The molecule has 1 atom stereocenters. The molecule has 0 bridgehead atoms. The predicted octanol–water partition coefficient (Wildman–Crippen LogP) is 2.18. The Bertz CT molecular complexity index is 550. The molecule has 0 aliphatic rings. The fourth-order valence-corrected chi connectivity index (χ4v) is 3.33. The van der Waals surface area contributed by atoms with Gasteiger partial charge in [0.1, 0.15) is 0 Å². The van der Waals surface area contributed by atoms with Gasteiger partial charge in [-0.25, -0.2) is 13.1 Å². The Balaban J connectivity index is 3.10. The number of hydrogen-bond acceptors (Lipinski definition) is 4. The van der Waals surface area contributed by atoms with E-state index in [1.165, 1.54) is 19.2 Å². The molecule has 0 saturated carbocycles. The average molecular weight is 321 g/mol. The van der Waals surface area contributed by atoms with Crippen molar-refractivity contribution >= 4 is 27.3 Å². The second-order valence-corrected chi connectivity index (χ2v) is 7.16. The van der Waals surface area contributed by atoms with Gasteiger partial charge in [-0.2, -0.15) is 0 Å². The van der Waals surface area contributed by atoms with Crippen LogP contribution in [-0.2, 0) is 14.8 Å². The smallest absolute Gasteiger partial charge is 0.240 e. The number of aryl methyl sites for hydroxylation is 1. The highest BCUT2D eigenvalue weighted by atomic mass is 35.5. The van der Waals surface area contributed by atoms with E-state index >= 15 is 0 Å². The van der Waals surface area contributed by atoms with Crippen molar-refractivity contribution in [3.8, 4) is 0 Å². The molecule has 114 valence electrons. The van der Waals surface area contributed by atoms with Crippen LogP contribution in [0, 0.1) is 12.8 Å². The number of methoxy groups -OCH3 is 1.